The molecule has 1 N–H and O–H groups in total. The molecule has 0 aliphatic rings. The number of carbonyl (C=O) groups is 1. The van der Waals surface area contributed by atoms with Crippen LogP contribution in [0, 0.1) is 10.1 Å². The first-order chi connectivity index (χ1) is 11.1. The third kappa shape index (κ3) is 4.89. The lowest BCUT2D eigenvalue weighted by molar-refractivity contribution is -0.385. The van der Waals surface area contributed by atoms with Crippen LogP contribution in [0.3, 0.4) is 0 Å². The Bertz CT molecular complexity index is 749. The van der Waals surface area contributed by atoms with Gasteiger partial charge in [0.2, 0.25) is 0 Å². The largest absolute Gasteiger partial charge is 0.477 e. The Kier molecular flexibility index (Phi) is 5.81. The van der Waals surface area contributed by atoms with Gasteiger partial charge in [0.05, 0.1) is 11.1 Å². The standard InChI is InChI=1S/C15H12BrN3O4/c16-12-6-2-1-5-11(12)9-17-18-15(20)10-23-14-8-4-3-7-13(14)19(21)22/h1-9H,10H2,(H,18,20)/b17-9+. The molecule has 0 saturated carbocycles. The van der Waals surface area contributed by atoms with Crippen molar-refractivity contribution in [2.24, 2.45) is 5.10 Å². The van der Waals surface area contributed by atoms with Crippen molar-refractivity contribution in [3.63, 3.8) is 0 Å². The predicted molar refractivity (Wildman–Crippen MR) is 88.5 cm³/mol. The number of nitrogens with one attached hydrogen (secondary N) is 1. The third-order valence-electron chi connectivity index (χ3n) is 2.72. The SMILES string of the molecule is O=C(COc1ccccc1[N+](=O)[O-])N/N=C/c1ccccc1Br. The number of halogens is 1. The summed E-state index contributed by atoms with van der Waals surface area (Å²) in [6.45, 7) is -0.377. The van der Waals surface area contributed by atoms with Crippen LogP contribution in [0.1, 0.15) is 5.56 Å². The minimum Gasteiger partial charge on any atom is -0.477 e. The number of nitrogens with zero attached hydrogens (tertiary/aromatic N) is 2. The van der Waals surface area contributed by atoms with Crippen molar-refractivity contribution in [2.45, 2.75) is 0 Å². The molecule has 0 spiro atoms. The minimum absolute atomic E-state index is 0.0300. The fraction of sp³-hybridized carbons (Fsp3) is 0.0667. The summed E-state index contributed by atoms with van der Waals surface area (Å²) in [6.07, 6.45) is 1.48. The average molecular weight is 378 g/mol. The summed E-state index contributed by atoms with van der Waals surface area (Å²) in [6, 6.07) is 13.2. The summed E-state index contributed by atoms with van der Waals surface area (Å²) in [5.41, 5.74) is 2.89. The number of rotatable bonds is 6. The second-order valence-corrected chi connectivity index (χ2v) is 5.18. The van der Waals surface area contributed by atoms with Gasteiger partial charge in [-0.15, -0.1) is 0 Å². The van der Waals surface area contributed by atoms with Gasteiger partial charge < -0.3 is 4.74 Å². The highest BCUT2D eigenvalue weighted by molar-refractivity contribution is 9.10. The lowest BCUT2D eigenvalue weighted by atomic mass is 10.2. The Balaban J connectivity index is 1.89. The van der Waals surface area contributed by atoms with Crippen molar-refractivity contribution in [2.75, 3.05) is 6.61 Å². The topological polar surface area (TPSA) is 93.8 Å². The number of hydrogen-bond donors (Lipinski definition) is 1. The molecular weight excluding hydrogens is 366 g/mol. The van der Waals surface area contributed by atoms with Gasteiger partial charge in [-0.05, 0) is 12.1 Å². The molecule has 118 valence electrons. The van der Waals surface area contributed by atoms with Crippen LogP contribution in [0.5, 0.6) is 5.75 Å². The van der Waals surface area contributed by atoms with E-state index in [1.54, 1.807) is 6.07 Å². The maximum absolute atomic E-state index is 11.6. The second-order valence-electron chi connectivity index (χ2n) is 4.33. The molecule has 0 aliphatic carbocycles. The van der Waals surface area contributed by atoms with Crippen LogP contribution in [0.2, 0.25) is 0 Å². The van der Waals surface area contributed by atoms with Crippen molar-refractivity contribution in [3.05, 3.63) is 68.7 Å². The smallest absolute Gasteiger partial charge is 0.310 e. The van der Waals surface area contributed by atoms with Gasteiger partial charge in [-0.25, -0.2) is 5.43 Å². The number of carbonyl (C=O) groups excluding carboxylic acids is 1. The van der Waals surface area contributed by atoms with E-state index in [0.29, 0.717) is 0 Å². The molecule has 0 unspecified atom stereocenters. The lowest BCUT2D eigenvalue weighted by Gasteiger charge is -2.05. The fourth-order valence-electron chi connectivity index (χ4n) is 1.66. The molecule has 23 heavy (non-hydrogen) atoms. The third-order valence-corrected chi connectivity index (χ3v) is 3.44. The number of para-hydroxylation sites is 2. The number of hydrazone groups is 1. The number of ether oxygens (including phenoxy) is 1. The number of benzene rings is 2. The molecule has 0 atom stereocenters. The van der Waals surface area contributed by atoms with E-state index in [1.165, 1.54) is 24.4 Å². The monoisotopic (exact) mass is 377 g/mol. The summed E-state index contributed by atoms with van der Waals surface area (Å²) < 4.78 is 5.99. The first kappa shape index (κ1) is 16.6. The average Bonchev–Trinajstić information content (AvgIpc) is 2.55. The second kappa shape index (κ2) is 8.04. The van der Waals surface area contributed by atoms with Crippen molar-refractivity contribution in [1.29, 1.82) is 0 Å². The Labute approximate surface area is 140 Å². The molecule has 2 aromatic rings. The van der Waals surface area contributed by atoms with Gasteiger partial charge in [0.15, 0.2) is 12.4 Å². The van der Waals surface area contributed by atoms with Crippen LogP contribution in [0.15, 0.2) is 58.1 Å². The molecule has 0 aliphatic heterocycles. The maximum atomic E-state index is 11.6. The highest BCUT2D eigenvalue weighted by atomic mass is 79.9. The first-order valence-electron chi connectivity index (χ1n) is 6.50. The molecular formula is C15H12BrN3O4. The minimum atomic E-state index is -0.571. The predicted octanol–water partition coefficient (Wildman–Crippen LogP) is 2.89. The van der Waals surface area contributed by atoms with Gasteiger partial charge in [0.1, 0.15) is 0 Å². The number of nitro groups is 1. The van der Waals surface area contributed by atoms with Gasteiger partial charge in [-0.1, -0.05) is 46.3 Å². The van der Waals surface area contributed by atoms with Crippen molar-refractivity contribution >= 4 is 33.7 Å². The molecule has 0 bridgehead atoms. The molecule has 8 heteroatoms. The van der Waals surface area contributed by atoms with Crippen LogP contribution in [0.25, 0.3) is 0 Å². The zero-order valence-corrected chi connectivity index (χ0v) is 13.4. The molecule has 0 heterocycles. The van der Waals surface area contributed by atoms with Crippen LogP contribution >= 0.6 is 15.9 Å². The summed E-state index contributed by atoms with van der Waals surface area (Å²) in [4.78, 5) is 21.9. The number of hydrogen-bond acceptors (Lipinski definition) is 5. The van der Waals surface area contributed by atoms with Gasteiger partial charge in [0, 0.05) is 16.1 Å². The van der Waals surface area contributed by atoms with E-state index in [2.05, 4.69) is 26.5 Å². The quantitative estimate of drug-likeness (QED) is 0.475. The molecule has 0 saturated heterocycles. The Morgan fingerprint density at radius 1 is 1.26 bits per heavy atom. The first-order valence-corrected chi connectivity index (χ1v) is 7.30. The van der Waals surface area contributed by atoms with Gasteiger partial charge >= 0.3 is 5.69 Å². The summed E-state index contributed by atoms with van der Waals surface area (Å²) >= 11 is 3.35. The van der Waals surface area contributed by atoms with Crippen LogP contribution in [-0.4, -0.2) is 23.7 Å². The molecule has 2 aromatic carbocycles. The molecule has 0 radical (unpaired) electrons. The Morgan fingerprint density at radius 2 is 1.96 bits per heavy atom. The van der Waals surface area contributed by atoms with Crippen LogP contribution in [-0.2, 0) is 4.79 Å². The maximum Gasteiger partial charge on any atom is 0.310 e. The normalized spacial score (nSPS) is 10.5. The molecule has 0 fully saturated rings. The molecule has 2 rings (SSSR count). The van der Waals surface area contributed by atoms with E-state index in [4.69, 9.17) is 4.74 Å². The Morgan fingerprint density at radius 3 is 2.70 bits per heavy atom. The van der Waals surface area contributed by atoms with Gasteiger partial charge in [0.25, 0.3) is 5.91 Å². The summed E-state index contributed by atoms with van der Waals surface area (Å²) in [5, 5.41) is 14.6. The molecule has 7 nitrogen and oxygen atoms in total. The highest BCUT2D eigenvalue weighted by Gasteiger charge is 2.14. The lowest BCUT2D eigenvalue weighted by Crippen LogP contribution is -2.24. The van der Waals surface area contributed by atoms with E-state index in [-0.39, 0.29) is 18.0 Å². The van der Waals surface area contributed by atoms with E-state index in [9.17, 15) is 14.9 Å². The molecule has 0 aromatic heterocycles. The van der Waals surface area contributed by atoms with Gasteiger partial charge in [-0.2, -0.15) is 5.10 Å². The van der Waals surface area contributed by atoms with Crippen molar-refractivity contribution in [3.8, 4) is 5.75 Å². The fourth-order valence-corrected chi connectivity index (χ4v) is 2.05. The van der Waals surface area contributed by atoms with Crippen LogP contribution in [0.4, 0.5) is 5.69 Å². The number of amides is 1. The molecule has 1 amide bonds. The van der Waals surface area contributed by atoms with E-state index >= 15 is 0 Å². The zero-order chi connectivity index (χ0) is 16.7. The van der Waals surface area contributed by atoms with Gasteiger partial charge in [-0.3, -0.25) is 14.9 Å². The summed E-state index contributed by atoms with van der Waals surface area (Å²) in [5.74, 6) is -0.492. The highest BCUT2D eigenvalue weighted by Crippen LogP contribution is 2.25. The Hall–Kier alpha value is -2.74. The van der Waals surface area contributed by atoms with E-state index in [0.717, 1.165) is 10.0 Å². The van der Waals surface area contributed by atoms with E-state index < -0.39 is 10.8 Å². The van der Waals surface area contributed by atoms with Crippen molar-refractivity contribution < 1.29 is 14.5 Å². The zero-order valence-electron chi connectivity index (χ0n) is 11.8. The summed E-state index contributed by atoms with van der Waals surface area (Å²) in [7, 11) is 0. The number of nitro benzene ring substituents is 1. The van der Waals surface area contributed by atoms with Crippen molar-refractivity contribution in [1.82, 2.24) is 5.43 Å². The van der Waals surface area contributed by atoms with E-state index in [1.807, 2.05) is 24.3 Å². The van der Waals surface area contributed by atoms with Crippen LogP contribution < -0.4 is 10.2 Å².